The minimum Gasteiger partial charge on any atom is -0.497 e. The van der Waals surface area contributed by atoms with Crippen LogP contribution in [0.2, 0.25) is 0 Å². The minimum atomic E-state index is 0.0813. The fraction of sp³-hybridized carbons (Fsp3) is 0.0645. The summed E-state index contributed by atoms with van der Waals surface area (Å²) in [6.07, 6.45) is 0. The van der Waals surface area contributed by atoms with Gasteiger partial charge in [0.2, 0.25) is 0 Å². The van der Waals surface area contributed by atoms with Gasteiger partial charge >= 0.3 is 0 Å². The molecule has 2 nitrogen and oxygen atoms in total. The van der Waals surface area contributed by atoms with Crippen LogP contribution in [0.5, 0.6) is 5.75 Å². The van der Waals surface area contributed by atoms with Crippen LogP contribution in [-0.4, -0.2) is 12.9 Å². The Balaban J connectivity index is 1.84. The van der Waals surface area contributed by atoms with Gasteiger partial charge in [-0.15, -0.1) is 0 Å². The molecule has 0 fully saturated rings. The molecule has 5 rings (SSSR count). The largest absolute Gasteiger partial charge is 0.497 e. The first-order chi connectivity index (χ1) is 16.2. The summed E-state index contributed by atoms with van der Waals surface area (Å²) >= 11 is 0. The predicted octanol–water partition coefficient (Wildman–Crippen LogP) is 7.00. The first-order valence-electron chi connectivity index (χ1n) is 11.0. The monoisotopic (exact) mass is 428 g/mol. The van der Waals surface area contributed by atoms with Crippen LogP contribution < -0.4 is 4.74 Å². The van der Waals surface area contributed by atoms with Gasteiger partial charge in [-0.25, -0.2) is 0 Å². The number of ether oxygens (including phenoxy) is 1. The highest BCUT2D eigenvalue weighted by molar-refractivity contribution is 6.52. The quantitative estimate of drug-likeness (QED) is 0.320. The highest BCUT2D eigenvalue weighted by Gasteiger charge is 2.38. The number of hydrogen-bond donors (Lipinski definition) is 0. The van der Waals surface area contributed by atoms with Gasteiger partial charge in [-0.1, -0.05) is 97.1 Å². The summed E-state index contributed by atoms with van der Waals surface area (Å²) in [7, 11) is 1.66. The average Bonchev–Trinajstić information content (AvgIpc) is 2.87. The molecule has 0 aliphatic heterocycles. The topological polar surface area (TPSA) is 26.3 Å². The molecule has 0 spiro atoms. The molecule has 0 atom stereocenters. The molecule has 0 radical (unpaired) electrons. The summed E-state index contributed by atoms with van der Waals surface area (Å²) in [5.41, 5.74) is 8.62. The van der Waals surface area contributed by atoms with Crippen LogP contribution >= 0.6 is 0 Å². The smallest absolute Gasteiger partial charge is 0.195 e. The van der Waals surface area contributed by atoms with E-state index in [-0.39, 0.29) is 5.78 Å². The maximum Gasteiger partial charge on any atom is 0.195 e. The molecule has 160 valence electrons. The van der Waals surface area contributed by atoms with Crippen LogP contribution in [0.25, 0.3) is 16.7 Å². The van der Waals surface area contributed by atoms with Gasteiger partial charge in [0.25, 0.3) is 0 Å². The molecular weight excluding hydrogens is 404 g/mol. The third-order valence-electron chi connectivity index (χ3n) is 6.12. The number of methoxy groups -OCH3 is 1. The fourth-order valence-corrected chi connectivity index (χ4v) is 4.47. The van der Waals surface area contributed by atoms with E-state index in [0.717, 1.165) is 55.9 Å². The molecule has 0 N–H and O–H groups in total. The second-order valence-corrected chi connectivity index (χ2v) is 8.10. The predicted molar refractivity (Wildman–Crippen MR) is 135 cm³/mol. The van der Waals surface area contributed by atoms with Crippen LogP contribution in [0.1, 0.15) is 27.8 Å². The number of carbonyl (C=O) groups is 1. The van der Waals surface area contributed by atoms with Crippen molar-refractivity contribution < 1.29 is 9.53 Å². The Bertz CT molecular complexity index is 1330. The molecule has 0 saturated carbocycles. The number of aryl methyl sites for hydroxylation is 1. The Morgan fingerprint density at radius 1 is 0.636 bits per heavy atom. The first kappa shape index (κ1) is 20.7. The summed E-state index contributed by atoms with van der Waals surface area (Å²) in [5.74, 6) is 0.872. The number of Topliss-reactive ketones (excluding diaryl/α,β-unsaturated/α-hetero) is 1. The van der Waals surface area contributed by atoms with E-state index in [9.17, 15) is 4.79 Å². The number of allylic oxidation sites excluding steroid dienone is 3. The minimum absolute atomic E-state index is 0.0813. The van der Waals surface area contributed by atoms with Gasteiger partial charge in [-0.3, -0.25) is 4.79 Å². The van der Waals surface area contributed by atoms with E-state index in [1.54, 1.807) is 7.11 Å². The van der Waals surface area contributed by atoms with Crippen LogP contribution in [-0.2, 0) is 4.79 Å². The molecule has 2 heteroatoms. The first-order valence-corrected chi connectivity index (χ1v) is 11.0. The van der Waals surface area contributed by atoms with Crippen molar-refractivity contribution in [3.05, 3.63) is 143 Å². The molecule has 0 heterocycles. The Morgan fingerprint density at radius 3 is 1.73 bits per heavy atom. The Labute approximate surface area is 194 Å². The molecule has 1 aliphatic rings. The summed E-state index contributed by atoms with van der Waals surface area (Å²) < 4.78 is 5.37. The van der Waals surface area contributed by atoms with Gasteiger partial charge in [0.1, 0.15) is 5.75 Å². The SMILES string of the molecule is COc1ccc(C2=C(c3ccccc3C)C(=O)C2=C(c2ccccc2)c2ccccc2)cc1. The number of ketones is 1. The lowest BCUT2D eigenvalue weighted by molar-refractivity contribution is -0.110. The fourth-order valence-electron chi connectivity index (χ4n) is 4.47. The van der Waals surface area contributed by atoms with Crippen LogP contribution in [0.3, 0.4) is 0 Å². The van der Waals surface area contributed by atoms with Gasteiger partial charge in [0, 0.05) is 22.3 Å². The van der Waals surface area contributed by atoms with E-state index < -0.39 is 0 Å². The molecule has 0 bridgehead atoms. The molecule has 33 heavy (non-hydrogen) atoms. The van der Waals surface area contributed by atoms with Gasteiger partial charge in [0.05, 0.1) is 7.11 Å². The standard InChI is InChI=1S/C31H24O2/c1-21-11-9-10-16-26(21)29-28(24-17-19-25(33-2)20-18-24)30(31(29)32)27(22-12-5-3-6-13-22)23-14-7-4-8-15-23/h3-20H,1-2H3. The van der Waals surface area contributed by atoms with Crippen molar-refractivity contribution in [2.75, 3.05) is 7.11 Å². The second kappa shape index (κ2) is 8.76. The summed E-state index contributed by atoms with van der Waals surface area (Å²) in [6, 6.07) is 36.4. The summed E-state index contributed by atoms with van der Waals surface area (Å²) in [5, 5.41) is 0. The zero-order valence-electron chi connectivity index (χ0n) is 18.7. The maximum atomic E-state index is 13.9. The van der Waals surface area contributed by atoms with Gasteiger partial charge in [-0.05, 0) is 46.9 Å². The van der Waals surface area contributed by atoms with E-state index >= 15 is 0 Å². The lowest BCUT2D eigenvalue weighted by Crippen LogP contribution is -2.23. The molecule has 0 amide bonds. The van der Waals surface area contributed by atoms with Gasteiger partial charge < -0.3 is 4.74 Å². The molecule has 0 unspecified atom stereocenters. The lowest BCUT2D eigenvalue weighted by Gasteiger charge is -2.30. The van der Waals surface area contributed by atoms with Crippen molar-refractivity contribution in [3.8, 4) is 5.75 Å². The number of rotatable bonds is 5. The number of benzene rings is 4. The van der Waals surface area contributed by atoms with Gasteiger partial charge in [-0.2, -0.15) is 0 Å². The molecule has 0 aromatic heterocycles. The van der Waals surface area contributed by atoms with Crippen molar-refractivity contribution in [1.82, 2.24) is 0 Å². The highest BCUT2D eigenvalue weighted by atomic mass is 16.5. The van der Waals surface area contributed by atoms with Crippen molar-refractivity contribution >= 4 is 22.5 Å². The van der Waals surface area contributed by atoms with E-state index in [0.29, 0.717) is 0 Å². The van der Waals surface area contributed by atoms with E-state index in [2.05, 4.69) is 37.3 Å². The second-order valence-electron chi connectivity index (χ2n) is 8.10. The Morgan fingerprint density at radius 2 is 1.18 bits per heavy atom. The summed E-state index contributed by atoms with van der Waals surface area (Å²) in [6.45, 7) is 2.05. The molecular formula is C31H24O2. The average molecular weight is 429 g/mol. The van der Waals surface area contributed by atoms with Crippen molar-refractivity contribution in [2.24, 2.45) is 0 Å². The van der Waals surface area contributed by atoms with Crippen LogP contribution in [0.15, 0.2) is 115 Å². The normalized spacial score (nSPS) is 13.0. The number of hydrogen-bond acceptors (Lipinski definition) is 2. The molecule has 0 saturated heterocycles. The van der Waals surface area contributed by atoms with E-state index in [1.807, 2.05) is 78.9 Å². The Kier molecular flexibility index (Phi) is 5.50. The molecule has 4 aromatic rings. The van der Waals surface area contributed by atoms with Crippen molar-refractivity contribution in [2.45, 2.75) is 6.92 Å². The van der Waals surface area contributed by atoms with E-state index in [1.165, 1.54) is 0 Å². The third kappa shape index (κ3) is 3.70. The van der Waals surface area contributed by atoms with Gasteiger partial charge in [0.15, 0.2) is 5.78 Å². The zero-order valence-corrected chi connectivity index (χ0v) is 18.7. The highest BCUT2D eigenvalue weighted by Crippen LogP contribution is 2.49. The third-order valence-corrected chi connectivity index (χ3v) is 6.12. The Hall–Kier alpha value is -4.17. The maximum absolute atomic E-state index is 13.9. The van der Waals surface area contributed by atoms with Crippen molar-refractivity contribution in [3.63, 3.8) is 0 Å². The lowest BCUT2D eigenvalue weighted by atomic mass is 9.70. The summed E-state index contributed by atoms with van der Waals surface area (Å²) in [4.78, 5) is 13.9. The number of carbonyl (C=O) groups excluding carboxylic acids is 1. The zero-order chi connectivity index (χ0) is 22.8. The van der Waals surface area contributed by atoms with Crippen LogP contribution in [0.4, 0.5) is 0 Å². The molecule has 1 aliphatic carbocycles. The van der Waals surface area contributed by atoms with E-state index in [4.69, 9.17) is 4.74 Å². The molecule has 4 aromatic carbocycles. The van der Waals surface area contributed by atoms with Crippen molar-refractivity contribution in [1.29, 1.82) is 0 Å². The van der Waals surface area contributed by atoms with Crippen LogP contribution in [0, 0.1) is 6.92 Å².